The SMILES string of the molecule is CCCC1(C)NC(=O)N(Cc2coc(-c3ccccc3)n2)C1=O. The van der Waals surface area contributed by atoms with Crippen LogP contribution >= 0.6 is 0 Å². The van der Waals surface area contributed by atoms with Crippen molar-refractivity contribution in [3.8, 4) is 11.5 Å². The number of carbonyl (C=O) groups is 2. The van der Waals surface area contributed by atoms with Crippen molar-refractivity contribution in [3.63, 3.8) is 0 Å². The van der Waals surface area contributed by atoms with Crippen LogP contribution in [0.4, 0.5) is 4.79 Å². The molecule has 2 aromatic rings. The molecule has 0 bridgehead atoms. The minimum atomic E-state index is -0.822. The maximum absolute atomic E-state index is 12.5. The third-order valence-corrected chi connectivity index (χ3v) is 3.99. The van der Waals surface area contributed by atoms with Crippen molar-refractivity contribution in [2.45, 2.75) is 38.8 Å². The van der Waals surface area contributed by atoms with Crippen LogP contribution in [-0.2, 0) is 11.3 Å². The van der Waals surface area contributed by atoms with Gasteiger partial charge < -0.3 is 9.73 Å². The summed E-state index contributed by atoms with van der Waals surface area (Å²) in [4.78, 5) is 30.1. The minimum absolute atomic E-state index is 0.111. The molecule has 1 aromatic carbocycles. The lowest BCUT2D eigenvalue weighted by molar-refractivity contribution is -0.131. The summed E-state index contributed by atoms with van der Waals surface area (Å²) in [5.41, 5.74) is 0.581. The molecule has 1 saturated heterocycles. The summed E-state index contributed by atoms with van der Waals surface area (Å²) in [5.74, 6) is 0.262. The lowest BCUT2D eigenvalue weighted by Crippen LogP contribution is -2.43. The number of hydrogen-bond donors (Lipinski definition) is 1. The average Bonchev–Trinajstić information content (AvgIpc) is 3.08. The van der Waals surface area contributed by atoms with Gasteiger partial charge in [0.05, 0.1) is 12.2 Å². The third kappa shape index (κ3) is 2.84. The van der Waals surface area contributed by atoms with Gasteiger partial charge in [-0.1, -0.05) is 31.5 Å². The molecule has 3 amide bonds. The van der Waals surface area contributed by atoms with Crippen LogP contribution in [0.2, 0.25) is 0 Å². The van der Waals surface area contributed by atoms with Crippen molar-refractivity contribution in [1.29, 1.82) is 0 Å². The molecule has 6 nitrogen and oxygen atoms in total. The Bertz CT molecular complexity index is 726. The van der Waals surface area contributed by atoms with Crippen LogP contribution in [0.15, 0.2) is 41.0 Å². The Morgan fingerprint density at radius 2 is 2.00 bits per heavy atom. The maximum Gasteiger partial charge on any atom is 0.325 e. The number of hydrogen-bond acceptors (Lipinski definition) is 4. The molecule has 0 spiro atoms. The molecule has 1 aliphatic rings. The summed E-state index contributed by atoms with van der Waals surface area (Å²) in [7, 11) is 0. The molecule has 1 atom stereocenters. The van der Waals surface area contributed by atoms with Gasteiger partial charge in [-0.05, 0) is 25.5 Å². The van der Waals surface area contributed by atoms with Crippen molar-refractivity contribution < 1.29 is 14.0 Å². The van der Waals surface area contributed by atoms with Crippen molar-refractivity contribution in [1.82, 2.24) is 15.2 Å². The molecule has 1 unspecified atom stereocenters. The van der Waals surface area contributed by atoms with Crippen molar-refractivity contribution >= 4 is 11.9 Å². The summed E-state index contributed by atoms with van der Waals surface area (Å²) >= 11 is 0. The molecule has 1 aliphatic heterocycles. The van der Waals surface area contributed by atoms with Gasteiger partial charge in [0.15, 0.2) is 0 Å². The van der Waals surface area contributed by atoms with E-state index in [1.54, 1.807) is 6.92 Å². The fourth-order valence-corrected chi connectivity index (χ4v) is 2.82. The van der Waals surface area contributed by atoms with Gasteiger partial charge in [0, 0.05) is 5.56 Å². The standard InChI is InChI=1S/C17H19N3O3/c1-3-9-17(2)15(21)20(16(22)19-17)10-13-11-23-14(18-13)12-7-5-4-6-8-12/h4-8,11H,3,9-10H2,1-2H3,(H,19,22). The number of rotatable bonds is 5. The van der Waals surface area contributed by atoms with E-state index in [1.807, 2.05) is 37.3 Å². The van der Waals surface area contributed by atoms with E-state index < -0.39 is 5.54 Å². The predicted molar refractivity (Wildman–Crippen MR) is 84.3 cm³/mol. The van der Waals surface area contributed by atoms with Gasteiger partial charge in [-0.3, -0.25) is 9.69 Å². The number of aromatic nitrogens is 1. The summed E-state index contributed by atoms with van der Waals surface area (Å²) in [6.07, 6.45) is 2.92. The Balaban J connectivity index is 1.77. The third-order valence-electron chi connectivity index (χ3n) is 3.99. The van der Waals surface area contributed by atoms with Gasteiger partial charge in [0.2, 0.25) is 5.89 Å². The first kappa shape index (κ1) is 15.3. The van der Waals surface area contributed by atoms with Crippen molar-refractivity contribution in [3.05, 3.63) is 42.3 Å². The number of benzene rings is 1. The molecule has 0 radical (unpaired) electrons. The highest BCUT2D eigenvalue weighted by molar-refractivity contribution is 6.06. The second kappa shape index (κ2) is 5.87. The number of amides is 3. The van der Waals surface area contributed by atoms with Gasteiger partial charge in [-0.2, -0.15) is 0 Å². The summed E-state index contributed by atoms with van der Waals surface area (Å²) in [6.45, 7) is 3.85. The average molecular weight is 313 g/mol. The second-order valence-electron chi connectivity index (χ2n) is 5.91. The van der Waals surface area contributed by atoms with E-state index in [0.29, 0.717) is 18.0 Å². The Kier molecular flexibility index (Phi) is 3.90. The molecule has 23 heavy (non-hydrogen) atoms. The van der Waals surface area contributed by atoms with Gasteiger partial charge in [0.1, 0.15) is 11.8 Å². The van der Waals surface area contributed by atoms with Crippen molar-refractivity contribution in [2.24, 2.45) is 0 Å². The Morgan fingerprint density at radius 1 is 1.26 bits per heavy atom. The van der Waals surface area contributed by atoms with Gasteiger partial charge in [0.25, 0.3) is 5.91 Å². The van der Waals surface area contributed by atoms with Gasteiger partial charge in [-0.25, -0.2) is 9.78 Å². The number of imide groups is 1. The van der Waals surface area contributed by atoms with Gasteiger partial charge in [-0.15, -0.1) is 0 Å². The van der Waals surface area contributed by atoms with Crippen LogP contribution in [0, 0.1) is 0 Å². The first-order chi connectivity index (χ1) is 11.0. The zero-order chi connectivity index (χ0) is 16.4. The number of carbonyl (C=O) groups excluding carboxylic acids is 2. The summed E-state index contributed by atoms with van der Waals surface area (Å²) < 4.78 is 5.45. The van der Waals surface area contributed by atoms with E-state index in [1.165, 1.54) is 11.2 Å². The molecule has 6 heteroatoms. The van der Waals surface area contributed by atoms with E-state index >= 15 is 0 Å². The highest BCUT2D eigenvalue weighted by Gasteiger charge is 2.47. The molecule has 120 valence electrons. The predicted octanol–water partition coefficient (Wildman–Crippen LogP) is 2.95. The molecule has 2 heterocycles. The van der Waals surface area contributed by atoms with Crippen LogP contribution in [0.5, 0.6) is 0 Å². The molecule has 3 rings (SSSR count). The van der Waals surface area contributed by atoms with Crippen LogP contribution in [0.25, 0.3) is 11.5 Å². The molecule has 1 aromatic heterocycles. The number of urea groups is 1. The number of nitrogens with zero attached hydrogens (tertiary/aromatic N) is 2. The summed E-state index contributed by atoms with van der Waals surface area (Å²) in [6, 6.07) is 9.10. The molecule has 0 aliphatic carbocycles. The van der Waals surface area contributed by atoms with E-state index in [-0.39, 0.29) is 18.5 Å². The van der Waals surface area contributed by atoms with Crippen LogP contribution in [0.1, 0.15) is 32.4 Å². The second-order valence-corrected chi connectivity index (χ2v) is 5.91. The molecular weight excluding hydrogens is 294 g/mol. The van der Waals surface area contributed by atoms with Crippen LogP contribution < -0.4 is 5.32 Å². The minimum Gasteiger partial charge on any atom is -0.444 e. The van der Waals surface area contributed by atoms with Crippen LogP contribution in [0.3, 0.4) is 0 Å². The largest absolute Gasteiger partial charge is 0.444 e. The molecule has 0 saturated carbocycles. The lowest BCUT2D eigenvalue weighted by atomic mass is 9.96. The van der Waals surface area contributed by atoms with Crippen molar-refractivity contribution in [2.75, 3.05) is 0 Å². The first-order valence-corrected chi connectivity index (χ1v) is 7.67. The van der Waals surface area contributed by atoms with Gasteiger partial charge >= 0.3 is 6.03 Å². The van der Waals surface area contributed by atoms with E-state index in [2.05, 4.69) is 10.3 Å². The maximum atomic E-state index is 12.5. The Morgan fingerprint density at radius 3 is 2.70 bits per heavy atom. The van der Waals surface area contributed by atoms with E-state index in [9.17, 15) is 9.59 Å². The monoisotopic (exact) mass is 313 g/mol. The fraction of sp³-hybridized carbons (Fsp3) is 0.353. The van der Waals surface area contributed by atoms with E-state index in [4.69, 9.17) is 4.42 Å². The smallest absolute Gasteiger partial charge is 0.325 e. The highest BCUT2D eigenvalue weighted by atomic mass is 16.3. The topological polar surface area (TPSA) is 75.4 Å². The summed E-state index contributed by atoms with van der Waals surface area (Å²) in [5, 5.41) is 2.77. The molecule has 1 N–H and O–H groups in total. The highest BCUT2D eigenvalue weighted by Crippen LogP contribution is 2.25. The molecule has 1 fully saturated rings. The zero-order valence-electron chi connectivity index (χ0n) is 13.2. The number of nitrogens with one attached hydrogen (secondary N) is 1. The number of oxazole rings is 1. The first-order valence-electron chi connectivity index (χ1n) is 7.67. The molecular formula is C17H19N3O3. The zero-order valence-corrected chi connectivity index (χ0v) is 13.2. The van der Waals surface area contributed by atoms with Crippen LogP contribution in [-0.4, -0.2) is 27.4 Å². The normalized spacial score (nSPS) is 20.9. The Labute approximate surface area is 134 Å². The van der Waals surface area contributed by atoms with E-state index in [0.717, 1.165) is 12.0 Å². The fourth-order valence-electron chi connectivity index (χ4n) is 2.82. The quantitative estimate of drug-likeness (QED) is 0.861. The lowest BCUT2D eigenvalue weighted by Gasteiger charge is -2.20. The Hall–Kier alpha value is -2.63.